The van der Waals surface area contributed by atoms with Crippen molar-refractivity contribution >= 4 is 17.0 Å². The van der Waals surface area contributed by atoms with Crippen LogP contribution in [-0.4, -0.2) is 21.1 Å². The normalized spacial score (nSPS) is 13.5. The summed E-state index contributed by atoms with van der Waals surface area (Å²) in [7, 11) is 0. The Labute approximate surface area is 119 Å². The van der Waals surface area contributed by atoms with Crippen molar-refractivity contribution in [2.75, 3.05) is 0 Å². The molecule has 0 N–H and O–H groups in total. The lowest BCUT2D eigenvalue weighted by atomic mass is 10.1. The topological polar surface area (TPSA) is 44.1 Å². The van der Waals surface area contributed by atoms with E-state index in [1.165, 1.54) is 11.1 Å². The van der Waals surface area contributed by atoms with E-state index in [4.69, 9.17) is 4.74 Å². The van der Waals surface area contributed by atoms with Crippen LogP contribution in [0.5, 0.6) is 0 Å². The van der Waals surface area contributed by atoms with Crippen molar-refractivity contribution in [1.29, 1.82) is 0 Å². The summed E-state index contributed by atoms with van der Waals surface area (Å²) in [5.41, 5.74) is 3.78. The van der Waals surface area contributed by atoms with E-state index in [1.54, 1.807) is 6.33 Å². The second-order valence-electron chi connectivity index (χ2n) is 6.29. The number of rotatable bonds is 2. The van der Waals surface area contributed by atoms with Gasteiger partial charge in [-0.15, -0.1) is 0 Å². The number of hydrogen-bond acceptors (Lipinski definition) is 3. The third kappa shape index (κ3) is 2.84. The Morgan fingerprint density at radius 2 is 1.85 bits per heavy atom. The number of hydrogen-bond donors (Lipinski definition) is 0. The van der Waals surface area contributed by atoms with Gasteiger partial charge >= 0.3 is 5.97 Å². The standard InChI is InChI=1S/C16H22N2O2/c1-10-7-13-14(8-11(10)2)18(9-17-13)12(3)15(19)20-16(4,5)6/h7-9,12H,1-6H3. The summed E-state index contributed by atoms with van der Waals surface area (Å²) in [6.45, 7) is 11.6. The van der Waals surface area contributed by atoms with Crippen molar-refractivity contribution in [3.05, 3.63) is 29.6 Å². The highest BCUT2D eigenvalue weighted by Crippen LogP contribution is 2.23. The van der Waals surface area contributed by atoms with Crippen LogP contribution in [0.15, 0.2) is 18.5 Å². The van der Waals surface area contributed by atoms with E-state index < -0.39 is 5.60 Å². The van der Waals surface area contributed by atoms with Crippen LogP contribution in [0.1, 0.15) is 44.9 Å². The van der Waals surface area contributed by atoms with Crippen molar-refractivity contribution in [3.63, 3.8) is 0 Å². The van der Waals surface area contributed by atoms with Crippen molar-refractivity contribution in [2.45, 2.75) is 53.2 Å². The molecule has 1 unspecified atom stereocenters. The third-order valence-corrected chi connectivity index (χ3v) is 3.36. The molecule has 2 aromatic rings. The van der Waals surface area contributed by atoms with E-state index >= 15 is 0 Å². The monoisotopic (exact) mass is 274 g/mol. The van der Waals surface area contributed by atoms with E-state index in [-0.39, 0.29) is 12.0 Å². The lowest BCUT2D eigenvalue weighted by molar-refractivity contribution is -0.158. The van der Waals surface area contributed by atoms with E-state index in [1.807, 2.05) is 38.3 Å². The summed E-state index contributed by atoms with van der Waals surface area (Å²) in [6.07, 6.45) is 1.71. The molecule has 108 valence electrons. The van der Waals surface area contributed by atoms with Crippen LogP contribution in [-0.2, 0) is 9.53 Å². The van der Waals surface area contributed by atoms with Gasteiger partial charge < -0.3 is 9.30 Å². The summed E-state index contributed by atoms with van der Waals surface area (Å²) in [4.78, 5) is 16.6. The van der Waals surface area contributed by atoms with Gasteiger partial charge in [0.1, 0.15) is 11.6 Å². The van der Waals surface area contributed by atoms with Gasteiger partial charge in [-0.2, -0.15) is 0 Å². The molecule has 0 amide bonds. The largest absolute Gasteiger partial charge is 0.458 e. The molecule has 0 bridgehead atoms. The molecule has 0 aliphatic carbocycles. The minimum absolute atomic E-state index is 0.241. The molecule has 1 aromatic carbocycles. The Kier molecular flexibility index (Phi) is 3.59. The van der Waals surface area contributed by atoms with Crippen molar-refractivity contribution < 1.29 is 9.53 Å². The van der Waals surface area contributed by atoms with Crippen LogP contribution < -0.4 is 0 Å². The van der Waals surface area contributed by atoms with Gasteiger partial charge in [0, 0.05) is 0 Å². The molecular weight excluding hydrogens is 252 g/mol. The molecule has 20 heavy (non-hydrogen) atoms. The minimum Gasteiger partial charge on any atom is -0.458 e. The zero-order valence-electron chi connectivity index (χ0n) is 13.0. The van der Waals surface area contributed by atoms with Gasteiger partial charge in [-0.25, -0.2) is 9.78 Å². The van der Waals surface area contributed by atoms with E-state index in [0.29, 0.717) is 0 Å². The predicted octanol–water partition coefficient (Wildman–Crippen LogP) is 3.56. The van der Waals surface area contributed by atoms with Crippen molar-refractivity contribution in [2.24, 2.45) is 0 Å². The first kappa shape index (κ1) is 14.6. The average molecular weight is 274 g/mol. The molecule has 4 heteroatoms. The summed E-state index contributed by atoms with van der Waals surface area (Å²) in [5, 5.41) is 0. The summed E-state index contributed by atoms with van der Waals surface area (Å²) >= 11 is 0. The quantitative estimate of drug-likeness (QED) is 0.786. The number of imidazole rings is 1. The van der Waals surface area contributed by atoms with E-state index in [9.17, 15) is 4.79 Å². The molecule has 1 atom stereocenters. The molecule has 0 fully saturated rings. The number of esters is 1. The predicted molar refractivity (Wildman–Crippen MR) is 79.8 cm³/mol. The highest BCUT2D eigenvalue weighted by molar-refractivity contribution is 5.81. The van der Waals surface area contributed by atoms with Crippen LogP contribution in [0, 0.1) is 13.8 Å². The summed E-state index contributed by atoms with van der Waals surface area (Å²) in [5.74, 6) is -0.241. The molecule has 0 aliphatic rings. The second-order valence-corrected chi connectivity index (χ2v) is 6.29. The molecule has 2 rings (SSSR count). The Balaban J connectivity index is 2.38. The molecule has 0 aliphatic heterocycles. The number of fused-ring (bicyclic) bond motifs is 1. The minimum atomic E-state index is -0.478. The fourth-order valence-electron chi connectivity index (χ4n) is 2.09. The van der Waals surface area contributed by atoms with Crippen LogP contribution in [0.4, 0.5) is 0 Å². The smallest absolute Gasteiger partial charge is 0.329 e. The Bertz CT molecular complexity index is 650. The average Bonchev–Trinajstić information content (AvgIpc) is 2.69. The molecule has 0 radical (unpaired) electrons. The summed E-state index contributed by atoms with van der Waals surface area (Å²) < 4.78 is 7.31. The number of aromatic nitrogens is 2. The zero-order chi connectivity index (χ0) is 15.1. The number of aryl methyl sites for hydroxylation is 2. The number of carbonyl (C=O) groups is 1. The highest BCUT2D eigenvalue weighted by atomic mass is 16.6. The van der Waals surface area contributed by atoms with Crippen molar-refractivity contribution in [1.82, 2.24) is 9.55 Å². The highest BCUT2D eigenvalue weighted by Gasteiger charge is 2.24. The van der Waals surface area contributed by atoms with Crippen LogP contribution in [0.25, 0.3) is 11.0 Å². The lowest BCUT2D eigenvalue weighted by Gasteiger charge is -2.23. The third-order valence-electron chi connectivity index (χ3n) is 3.36. The Morgan fingerprint density at radius 3 is 2.45 bits per heavy atom. The number of carbonyl (C=O) groups excluding carboxylic acids is 1. The van der Waals surface area contributed by atoms with Gasteiger partial charge in [0.05, 0.1) is 17.4 Å². The first-order chi connectivity index (χ1) is 9.19. The first-order valence-electron chi connectivity index (χ1n) is 6.85. The Hall–Kier alpha value is -1.84. The number of benzene rings is 1. The van der Waals surface area contributed by atoms with E-state index in [0.717, 1.165) is 11.0 Å². The maximum absolute atomic E-state index is 12.2. The molecule has 0 saturated carbocycles. The Morgan fingerprint density at radius 1 is 1.25 bits per heavy atom. The van der Waals surface area contributed by atoms with Gasteiger partial charge in [0.2, 0.25) is 0 Å². The fourth-order valence-corrected chi connectivity index (χ4v) is 2.09. The number of nitrogens with zero attached hydrogens (tertiary/aromatic N) is 2. The van der Waals surface area contributed by atoms with Gasteiger partial charge in [0.15, 0.2) is 0 Å². The molecule has 1 aromatic heterocycles. The summed E-state index contributed by atoms with van der Waals surface area (Å²) in [6, 6.07) is 3.72. The second kappa shape index (κ2) is 4.93. The van der Waals surface area contributed by atoms with Crippen LogP contribution in [0.3, 0.4) is 0 Å². The lowest BCUT2D eigenvalue weighted by Crippen LogP contribution is -2.28. The van der Waals surface area contributed by atoms with Gasteiger partial charge in [-0.3, -0.25) is 0 Å². The zero-order valence-corrected chi connectivity index (χ0v) is 13.0. The first-order valence-corrected chi connectivity index (χ1v) is 6.85. The molecule has 4 nitrogen and oxygen atoms in total. The molecule has 1 heterocycles. The van der Waals surface area contributed by atoms with E-state index in [2.05, 4.69) is 24.9 Å². The number of ether oxygens (including phenoxy) is 1. The van der Waals surface area contributed by atoms with Crippen LogP contribution >= 0.6 is 0 Å². The molecule has 0 spiro atoms. The molecule has 0 saturated heterocycles. The molecular formula is C16H22N2O2. The van der Waals surface area contributed by atoms with Crippen molar-refractivity contribution in [3.8, 4) is 0 Å². The van der Waals surface area contributed by atoms with Crippen LogP contribution in [0.2, 0.25) is 0 Å². The van der Waals surface area contributed by atoms with Gasteiger partial charge in [-0.05, 0) is 64.8 Å². The fraction of sp³-hybridized carbons (Fsp3) is 0.500. The maximum atomic E-state index is 12.2. The maximum Gasteiger partial charge on any atom is 0.329 e. The SMILES string of the molecule is Cc1cc2ncn(C(C)C(=O)OC(C)(C)C)c2cc1C. The van der Waals surface area contributed by atoms with Gasteiger partial charge in [-0.1, -0.05) is 0 Å². The van der Waals surface area contributed by atoms with Gasteiger partial charge in [0.25, 0.3) is 0 Å².